The molecule has 208 valence electrons. The number of hydrogen-bond donors (Lipinski definition) is 1. The minimum atomic E-state index is -4.70. The summed E-state index contributed by atoms with van der Waals surface area (Å²) in [5.74, 6) is -0.543. The van der Waals surface area contributed by atoms with Gasteiger partial charge < -0.3 is 14.0 Å². The molecule has 0 atom stereocenters. The van der Waals surface area contributed by atoms with E-state index < -0.39 is 24.3 Å². The quantitative estimate of drug-likeness (QED) is 0.360. The number of hydrogen-bond acceptors (Lipinski definition) is 8. The number of aryl methyl sites for hydroxylation is 1. The summed E-state index contributed by atoms with van der Waals surface area (Å²) in [6, 6.07) is 3.70. The van der Waals surface area contributed by atoms with E-state index in [1.54, 1.807) is 30.7 Å². The van der Waals surface area contributed by atoms with E-state index >= 15 is 0 Å². The van der Waals surface area contributed by atoms with Crippen molar-refractivity contribution in [2.24, 2.45) is 5.92 Å². The van der Waals surface area contributed by atoms with Gasteiger partial charge in [0.15, 0.2) is 5.13 Å². The molecule has 5 heterocycles. The second-order valence-electron chi connectivity index (χ2n) is 9.74. The summed E-state index contributed by atoms with van der Waals surface area (Å²) in [5.41, 5.74) is 3.90. The van der Waals surface area contributed by atoms with Crippen molar-refractivity contribution in [3.05, 3.63) is 58.9 Å². The molecular weight excluding hydrogens is 549 g/mol. The summed E-state index contributed by atoms with van der Waals surface area (Å²) in [4.78, 5) is 41.5. The van der Waals surface area contributed by atoms with Crippen LogP contribution >= 0.6 is 11.3 Å². The molecule has 10 nitrogen and oxygen atoms in total. The zero-order chi connectivity index (χ0) is 28.2. The van der Waals surface area contributed by atoms with Gasteiger partial charge in [0.2, 0.25) is 5.91 Å². The van der Waals surface area contributed by atoms with Crippen LogP contribution in [0.2, 0.25) is 0 Å². The highest BCUT2D eigenvalue weighted by molar-refractivity contribution is 7.16. The molecule has 6 rings (SSSR count). The Hall–Kier alpha value is -4.04. The molecule has 0 bridgehead atoms. The largest absolute Gasteiger partial charge is 0.522 e. The Bertz CT molecular complexity index is 1600. The molecule has 0 spiro atoms. The van der Waals surface area contributed by atoms with Crippen LogP contribution in [0.5, 0.6) is 5.75 Å². The summed E-state index contributed by atoms with van der Waals surface area (Å²) in [6.07, 6.45) is 1.09. The lowest BCUT2D eigenvalue weighted by Gasteiger charge is -2.36. The summed E-state index contributed by atoms with van der Waals surface area (Å²) < 4.78 is 48.5. The van der Waals surface area contributed by atoms with Gasteiger partial charge in [-0.25, -0.2) is 9.97 Å². The third kappa shape index (κ3) is 4.99. The number of imidazole rings is 1. The van der Waals surface area contributed by atoms with Crippen LogP contribution in [0.25, 0.3) is 16.6 Å². The molecule has 40 heavy (non-hydrogen) atoms. The number of methoxy groups -OCH3 is 1. The second kappa shape index (κ2) is 9.86. The first-order valence-corrected chi connectivity index (χ1v) is 13.2. The molecule has 1 saturated carbocycles. The van der Waals surface area contributed by atoms with Crippen molar-refractivity contribution in [1.82, 2.24) is 24.3 Å². The number of nitrogens with one attached hydrogen (secondary N) is 1. The number of rotatable bonds is 6. The Balaban J connectivity index is 1.15. The van der Waals surface area contributed by atoms with Crippen LogP contribution in [0, 0.1) is 12.8 Å². The number of anilines is 1. The maximum absolute atomic E-state index is 13.4. The maximum Gasteiger partial charge on any atom is 0.522 e. The van der Waals surface area contributed by atoms with Gasteiger partial charge in [-0.2, -0.15) is 0 Å². The monoisotopic (exact) mass is 572 g/mol. The van der Waals surface area contributed by atoms with E-state index in [4.69, 9.17) is 4.74 Å². The van der Waals surface area contributed by atoms with Crippen molar-refractivity contribution >= 4 is 33.8 Å². The first-order chi connectivity index (χ1) is 19.1. The third-order valence-electron chi connectivity index (χ3n) is 7.04. The minimum absolute atomic E-state index is 0.0445. The van der Waals surface area contributed by atoms with Crippen LogP contribution in [0.3, 0.4) is 0 Å². The Morgan fingerprint density at radius 2 is 1.95 bits per heavy atom. The number of carbonyl (C=O) groups is 2. The number of ether oxygens (including phenoxy) is 2. The van der Waals surface area contributed by atoms with E-state index in [9.17, 15) is 22.8 Å². The predicted molar refractivity (Wildman–Crippen MR) is 138 cm³/mol. The molecule has 1 fully saturated rings. The van der Waals surface area contributed by atoms with Crippen molar-refractivity contribution in [2.75, 3.05) is 12.4 Å². The minimum Gasteiger partial charge on any atom is -0.495 e. The molecule has 4 aromatic heterocycles. The van der Waals surface area contributed by atoms with Crippen molar-refractivity contribution < 1.29 is 32.2 Å². The smallest absolute Gasteiger partial charge is 0.495 e. The zero-order valence-electron chi connectivity index (χ0n) is 21.4. The maximum atomic E-state index is 13.4. The number of alkyl halides is 3. The average molecular weight is 573 g/mol. The highest BCUT2D eigenvalue weighted by Crippen LogP contribution is 2.39. The molecule has 2 aliphatic rings. The van der Waals surface area contributed by atoms with Crippen LogP contribution < -0.4 is 10.1 Å². The van der Waals surface area contributed by atoms with Crippen LogP contribution in [-0.2, 0) is 22.6 Å². The Labute approximate surface area is 229 Å². The SMILES string of the molecule is COc1cn2cncc2cc1-c1cc(C)ncc1C(=O)Nc1nc2c(s1)CN(C(=O)C1CC(OC(F)(F)F)C1)C2. The van der Waals surface area contributed by atoms with E-state index in [2.05, 4.69) is 25.0 Å². The summed E-state index contributed by atoms with van der Waals surface area (Å²) in [6.45, 7) is 2.37. The molecule has 2 amide bonds. The van der Waals surface area contributed by atoms with Crippen LogP contribution in [0.15, 0.2) is 37.1 Å². The van der Waals surface area contributed by atoms with Gasteiger partial charge in [0.1, 0.15) is 5.75 Å². The molecule has 1 aliphatic heterocycles. The lowest BCUT2D eigenvalue weighted by Crippen LogP contribution is -2.44. The average Bonchev–Trinajstić information content (AvgIpc) is 3.58. The first-order valence-electron chi connectivity index (χ1n) is 12.4. The highest BCUT2D eigenvalue weighted by atomic mass is 32.1. The van der Waals surface area contributed by atoms with E-state index in [0.717, 1.165) is 16.1 Å². The molecule has 14 heteroatoms. The first kappa shape index (κ1) is 26.2. The molecule has 0 radical (unpaired) electrons. The number of carbonyl (C=O) groups excluding carboxylic acids is 2. The number of aromatic nitrogens is 4. The van der Waals surface area contributed by atoms with E-state index in [1.165, 1.54) is 17.5 Å². The van der Waals surface area contributed by atoms with Gasteiger partial charge in [0.05, 0.1) is 66.7 Å². The van der Waals surface area contributed by atoms with Gasteiger partial charge in [-0.3, -0.25) is 24.6 Å². The lowest BCUT2D eigenvalue weighted by atomic mass is 9.81. The molecule has 1 aliphatic carbocycles. The molecule has 0 aromatic carbocycles. The second-order valence-corrected chi connectivity index (χ2v) is 10.8. The highest BCUT2D eigenvalue weighted by Gasteiger charge is 2.44. The molecule has 4 aromatic rings. The zero-order valence-corrected chi connectivity index (χ0v) is 22.2. The van der Waals surface area contributed by atoms with Gasteiger partial charge >= 0.3 is 6.36 Å². The molecule has 0 saturated heterocycles. The fraction of sp³-hybridized carbons (Fsp3) is 0.346. The molecular formula is C26H23F3N6O4S. The Morgan fingerprint density at radius 3 is 2.67 bits per heavy atom. The van der Waals surface area contributed by atoms with Crippen molar-refractivity contribution in [3.63, 3.8) is 0 Å². The van der Waals surface area contributed by atoms with E-state index in [-0.39, 0.29) is 25.3 Å². The van der Waals surface area contributed by atoms with Crippen molar-refractivity contribution in [3.8, 4) is 16.9 Å². The molecule has 1 N–H and O–H groups in total. The standard InChI is InChI=1S/C26H23F3N6O4S/c1-13-3-17(18-6-15-7-30-12-35(15)10-21(18)38-2)19(8-31-13)23(36)33-25-32-20-9-34(11-22(20)40-25)24(37)14-4-16(5-14)39-26(27,28)29/h3,6-8,10,12,14,16H,4-5,9,11H2,1-2H3,(H,32,33,36). The number of nitrogens with zero attached hydrogens (tertiary/aromatic N) is 5. The number of thiazole rings is 1. The van der Waals surface area contributed by atoms with Crippen LogP contribution in [0.4, 0.5) is 18.3 Å². The van der Waals surface area contributed by atoms with Gasteiger partial charge in [-0.15, -0.1) is 13.2 Å². The van der Waals surface area contributed by atoms with Crippen molar-refractivity contribution in [2.45, 2.75) is 45.3 Å². The van der Waals surface area contributed by atoms with Crippen LogP contribution in [-0.4, -0.2) is 55.6 Å². The van der Waals surface area contributed by atoms with Gasteiger partial charge in [0, 0.05) is 28.9 Å². The Morgan fingerprint density at radius 1 is 1.15 bits per heavy atom. The van der Waals surface area contributed by atoms with Gasteiger partial charge in [0.25, 0.3) is 5.91 Å². The number of pyridine rings is 2. The third-order valence-corrected chi connectivity index (χ3v) is 8.03. The number of fused-ring (bicyclic) bond motifs is 2. The fourth-order valence-corrected chi connectivity index (χ4v) is 5.99. The summed E-state index contributed by atoms with van der Waals surface area (Å²) >= 11 is 1.26. The summed E-state index contributed by atoms with van der Waals surface area (Å²) in [7, 11) is 1.56. The van der Waals surface area contributed by atoms with E-state index in [1.807, 2.05) is 23.5 Å². The lowest BCUT2D eigenvalue weighted by molar-refractivity contribution is -0.353. The van der Waals surface area contributed by atoms with Gasteiger partial charge in [-0.05, 0) is 31.9 Å². The summed E-state index contributed by atoms with van der Waals surface area (Å²) in [5, 5.41) is 3.23. The van der Waals surface area contributed by atoms with Crippen LogP contribution in [0.1, 0.15) is 39.5 Å². The fourth-order valence-electron chi connectivity index (χ4n) is 5.01. The van der Waals surface area contributed by atoms with E-state index in [0.29, 0.717) is 39.8 Å². The Kier molecular flexibility index (Phi) is 6.45. The number of amides is 2. The molecule has 0 unspecified atom stereocenters. The normalized spacial score (nSPS) is 18.5. The van der Waals surface area contributed by atoms with Crippen molar-refractivity contribution in [1.29, 1.82) is 0 Å². The number of halogens is 3. The topological polar surface area (TPSA) is 111 Å². The predicted octanol–water partition coefficient (Wildman–Crippen LogP) is 4.58. The van der Waals surface area contributed by atoms with Gasteiger partial charge in [-0.1, -0.05) is 11.3 Å².